The first-order valence-corrected chi connectivity index (χ1v) is 7.05. The number of hydrogen-bond donors (Lipinski definition) is 1. The highest BCUT2D eigenvalue weighted by atomic mass is 35.5. The molecule has 0 aliphatic carbocycles. The second kappa shape index (κ2) is 6.19. The van der Waals surface area contributed by atoms with E-state index < -0.39 is 5.97 Å². The van der Waals surface area contributed by atoms with E-state index in [-0.39, 0.29) is 6.61 Å². The highest BCUT2D eigenvalue weighted by Crippen LogP contribution is 2.21. The number of anilines is 1. The highest BCUT2D eigenvalue weighted by Gasteiger charge is 2.11. The van der Waals surface area contributed by atoms with E-state index in [1.807, 2.05) is 20.8 Å². The standard InChI is InChI=1S/C17H18ClNO2/c1-10-6-11(2)14(12(3)7-10)9-21-17(20)13-4-5-15(18)16(19)8-13/h4-8H,9,19H2,1-3H3. The van der Waals surface area contributed by atoms with Gasteiger partial charge in [0.25, 0.3) is 0 Å². The molecular formula is C17H18ClNO2. The van der Waals surface area contributed by atoms with Crippen LogP contribution in [0.2, 0.25) is 5.02 Å². The molecule has 0 amide bonds. The average molecular weight is 304 g/mol. The number of esters is 1. The minimum Gasteiger partial charge on any atom is -0.457 e. The topological polar surface area (TPSA) is 52.3 Å². The van der Waals surface area contributed by atoms with Crippen LogP contribution in [0.4, 0.5) is 5.69 Å². The summed E-state index contributed by atoms with van der Waals surface area (Å²) in [7, 11) is 0. The molecule has 0 unspecified atom stereocenters. The van der Waals surface area contributed by atoms with E-state index in [2.05, 4.69) is 12.1 Å². The van der Waals surface area contributed by atoms with Crippen molar-refractivity contribution in [2.45, 2.75) is 27.4 Å². The van der Waals surface area contributed by atoms with Gasteiger partial charge in [-0.3, -0.25) is 0 Å². The summed E-state index contributed by atoms with van der Waals surface area (Å²) in [5, 5.41) is 0.428. The summed E-state index contributed by atoms with van der Waals surface area (Å²) in [6.45, 7) is 6.33. The molecule has 0 heterocycles. The fourth-order valence-corrected chi connectivity index (χ4v) is 2.45. The van der Waals surface area contributed by atoms with Crippen molar-refractivity contribution in [2.75, 3.05) is 5.73 Å². The SMILES string of the molecule is Cc1cc(C)c(COC(=O)c2ccc(Cl)c(N)c2)c(C)c1. The number of carbonyl (C=O) groups excluding carboxylic acids is 1. The van der Waals surface area contributed by atoms with E-state index in [9.17, 15) is 4.79 Å². The maximum absolute atomic E-state index is 12.1. The van der Waals surface area contributed by atoms with Crippen LogP contribution in [0.5, 0.6) is 0 Å². The Hall–Kier alpha value is -2.00. The Morgan fingerprint density at radius 3 is 2.33 bits per heavy atom. The molecule has 2 aromatic rings. The van der Waals surface area contributed by atoms with Crippen LogP contribution in [0.1, 0.15) is 32.6 Å². The van der Waals surface area contributed by atoms with E-state index in [0.717, 1.165) is 16.7 Å². The van der Waals surface area contributed by atoms with Crippen molar-refractivity contribution in [1.82, 2.24) is 0 Å². The van der Waals surface area contributed by atoms with Gasteiger partial charge >= 0.3 is 5.97 Å². The van der Waals surface area contributed by atoms with Gasteiger partial charge in [-0.1, -0.05) is 29.3 Å². The zero-order valence-corrected chi connectivity index (χ0v) is 13.1. The van der Waals surface area contributed by atoms with Crippen LogP contribution >= 0.6 is 11.6 Å². The Bertz CT molecular complexity index is 672. The molecule has 0 saturated carbocycles. The van der Waals surface area contributed by atoms with Crippen LogP contribution in [0.15, 0.2) is 30.3 Å². The largest absolute Gasteiger partial charge is 0.457 e. The van der Waals surface area contributed by atoms with Crippen molar-refractivity contribution in [1.29, 1.82) is 0 Å². The fourth-order valence-electron chi connectivity index (χ4n) is 2.33. The molecule has 0 radical (unpaired) electrons. The van der Waals surface area contributed by atoms with Crippen LogP contribution in [-0.2, 0) is 11.3 Å². The number of aryl methyl sites for hydroxylation is 3. The van der Waals surface area contributed by atoms with Crippen LogP contribution in [-0.4, -0.2) is 5.97 Å². The number of carbonyl (C=O) groups is 1. The highest BCUT2D eigenvalue weighted by molar-refractivity contribution is 6.33. The molecule has 110 valence electrons. The lowest BCUT2D eigenvalue weighted by atomic mass is 10.0. The third-order valence-electron chi connectivity index (χ3n) is 3.42. The minimum absolute atomic E-state index is 0.249. The number of nitrogens with two attached hydrogens (primary N) is 1. The fraction of sp³-hybridized carbons (Fsp3) is 0.235. The van der Waals surface area contributed by atoms with Crippen molar-refractivity contribution >= 4 is 23.3 Å². The molecule has 21 heavy (non-hydrogen) atoms. The smallest absolute Gasteiger partial charge is 0.338 e. The Morgan fingerprint density at radius 2 is 1.76 bits per heavy atom. The quantitative estimate of drug-likeness (QED) is 0.683. The third-order valence-corrected chi connectivity index (χ3v) is 3.76. The summed E-state index contributed by atoms with van der Waals surface area (Å²) in [6.07, 6.45) is 0. The second-order valence-electron chi connectivity index (χ2n) is 5.19. The molecule has 3 nitrogen and oxygen atoms in total. The Morgan fingerprint density at radius 1 is 1.14 bits per heavy atom. The van der Waals surface area contributed by atoms with Gasteiger partial charge in [0, 0.05) is 0 Å². The van der Waals surface area contributed by atoms with Crippen molar-refractivity contribution in [3.63, 3.8) is 0 Å². The van der Waals surface area contributed by atoms with Gasteiger partial charge in [0.2, 0.25) is 0 Å². The molecule has 2 aromatic carbocycles. The van der Waals surface area contributed by atoms with Crippen LogP contribution in [0, 0.1) is 20.8 Å². The third kappa shape index (κ3) is 3.56. The number of ether oxygens (including phenoxy) is 1. The van der Waals surface area contributed by atoms with Gasteiger partial charge < -0.3 is 10.5 Å². The summed E-state index contributed by atoms with van der Waals surface area (Å²) >= 11 is 5.84. The molecule has 2 N–H and O–H groups in total. The lowest BCUT2D eigenvalue weighted by Gasteiger charge is -2.12. The first-order valence-electron chi connectivity index (χ1n) is 6.67. The van der Waals surface area contributed by atoms with Gasteiger partial charge in [-0.15, -0.1) is 0 Å². The molecule has 0 atom stereocenters. The van der Waals surface area contributed by atoms with E-state index in [0.29, 0.717) is 16.3 Å². The van der Waals surface area contributed by atoms with Crippen molar-refractivity contribution in [2.24, 2.45) is 0 Å². The second-order valence-corrected chi connectivity index (χ2v) is 5.60. The summed E-state index contributed by atoms with van der Waals surface area (Å²) in [6, 6.07) is 8.89. The zero-order chi connectivity index (χ0) is 15.6. The van der Waals surface area contributed by atoms with Gasteiger partial charge in [-0.25, -0.2) is 4.79 Å². The first-order chi connectivity index (χ1) is 9.88. The van der Waals surface area contributed by atoms with Gasteiger partial charge in [0.1, 0.15) is 6.61 Å². The maximum atomic E-state index is 12.1. The summed E-state index contributed by atoms with van der Waals surface area (Å²) < 4.78 is 5.37. The van der Waals surface area contributed by atoms with Gasteiger partial charge in [-0.05, 0) is 55.7 Å². The van der Waals surface area contributed by atoms with E-state index in [1.165, 1.54) is 11.6 Å². The molecule has 4 heteroatoms. The van der Waals surface area contributed by atoms with Crippen molar-refractivity contribution in [3.8, 4) is 0 Å². The number of rotatable bonds is 3. The molecule has 0 spiro atoms. The normalized spacial score (nSPS) is 10.5. The number of halogens is 1. The van der Waals surface area contributed by atoms with Crippen LogP contribution < -0.4 is 5.73 Å². The Labute approximate surface area is 129 Å². The van der Waals surface area contributed by atoms with Crippen molar-refractivity contribution < 1.29 is 9.53 Å². The molecular weight excluding hydrogens is 286 g/mol. The number of nitrogen functional groups attached to an aromatic ring is 1. The van der Waals surface area contributed by atoms with Crippen LogP contribution in [0.25, 0.3) is 0 Å². The molecule has 0 saturated heterocycles. The summed E-state index contributed by atoms with van der Waals surface area (Å²) in [5.74, 6) is -0.405. The minimum atomic E-state index is -0.405. The van der Waals surface area contributed by atoms with E-state index >= 15 is 0 Å². The zero-order valence-electron chi connectivity index (χ0n) is 12.4. The Kier molecular flexibility index (Phi) is 4.53. The lowest BCUT2D eigenvalue weighted by Crippen LogP contribution is -2.08. The monoisotopic (exact) mass is 303 g/mol. The maximum Gasteiger partial charge on any atom is 0.338 e. The van der Waals surface area contributed by atoms with Gasteiger partial charge in [-0.2, -0.15) is 0 Å². The van der Waals surface area contributed by atoms with Gasteiger partial charge in [0.15, 0.2) is 0 Å². The molecule has 2 rings (SSSR count). The van der Waals surface area contributed by atoms with Gasteiger partial charge in [0.05, 0.1) is 16.3 Å². The average Bonchev–Trinajstić information content (AvgIpc) is 2.40. The molecule has 0 aliphatic rings. The molecule has 0 aliphatic heterocycles. The van der Waals surface area contributed by atoms with E-state index in [4.69, 9.17) is 22.1 Å². The van der Waals surface area contributed by atoms with E-state index in [1.54, 1.807) is 12.1 Å². The molecule has 0 bridgehead atoms. The van der Waals surface area contributed by atoms with Crippen LogP contribution in [0.3, 0.4) is 0 Å². The lowest BCUT2D eigenvalue weighted by molar-refractivity contribution is 0.0471. The first kappa shape index (κ1) is 15.4. The molecule has 0 fully saturated rings. The summed E-state index contributed by atoms with van der Waals surface area (Å²) in [5.41, 5.74) is 10.9. The predicted molar refractivity (Wildman–Crippen MR) is 85.6 cm³/mol. The number of hydrogen-bond acceptors (Lipinski definition) is 3. The number of benzene rings is 2. The Balaban J connectivity index is 2.13. The molecule has 0 aromatic heterocycles. The predicted octanol–water partition coefficient (Wildman–Crippen LogP) is 4.20. The summed E-state index contributed by atoms with van der Waals surface area (Å²) in [4.78, 5) is 12.1. The van der Waals surface area contributed by atoms with Crippen molar-refractivity contribution in [3.05, 3.63) is 63.2 Å².